The maximum absolute atomic E-state index is 9.73. The van der Waals surface area contributed by atoms with Crippen molar-refractivity contribution in [1.82, 2.24) is 4.98 Å². The number of hydrogen-bond donors (Lipinski definition) is 2. The van der Waals surface area contributed by atoms with Gasteiger partial charge in [0.1, 0.15) is 5.75 Å². The van der Waals surface area contributed by atoms with Crippen molar-refractivity contribution in [3.05, 3.63) is 76.0 Å². The first kappa shape index (κ1) is 25.2. The number of aliphatic hydroxyl groups is 1. The van der Waals surface area contributed by atoms with Crippen LogP contribution >= 0.6 is 0 Å². The molecular weight excluding hydrogens is 432 g/mol. The molecule has 0 saturated heterocycles. The highest BCUT2D eigenvalue weighted by molar-refractivity contribution is 5.71. The molecular formula is C31H40N2O2. The van der Waals surface area contributed by atoms with E-state index in [-0.39, 0.29) is 12.1 Å². The largest absolute Gasteiger partial charge is 0.496 e. The third-order valence-electron chi connectivity index (χ3n) is 7.56. The van der Waals surface area contributed by atoms with E-state index < -0.39 is 0 Å². The number of aryl methyl sites for hydroxylation is 4. The van der Waals surface area contributed by atoms with Crippen molar-refractivity contribution < 1.29 is 9.84 Å². The quantitative estimate of drug-likeness (QED) is 0.348. The summed E-state index contributed by atoms with van der Waals surface area (Å²) >= 11 is 0. The lowest BCUT2D eigenvalue weighted by molar-refractivity contribution is 0.282. The fourth-order valence-corrected chi connectivity index (χ4v) is 5.83. The summed E-state index contributed by atoms with van der Waals surface area (Å²) in [6.45, 7) is 8.84. The number of nitrogens with zero attached hydrogens (tertiary/aromatic N) is 1. The van der Waals surface area contributed by atoms with Gasteiger partial charge in [-0.25, -0.2) is 0 Å². The minimum absolute atomic E-state index is 0.0389. The van der Waals surface area contributed by atoms with E-state index >= 15 is 0 Å². The molecule has 0 radical (unpaired) electrons. The minimum Gasteiger partial charge on any atom is -0.496 e. The highest BCUT2D eigenvalue weighted by Gasteiger charge is 2.40. The Balaban J connectivity index is 1.90. The van der Waals surface area contributed by atoms with Crippen LogP contribution in [-0.4, -0.2) is 17.2 Å². The standard InChI is InChI=1S/C31H40N2O2/c1-6-16-31(33-26-18-22(20-34)15-14-21(26)4)17-10-13-25-30(31)28(35-5)19-27(32-25)29-23(7-2)11-9-12-24(29)8-3/h9,11-12,14-15,18-19,33-34H,6-8,10,13,16-17,20H2,1-5H3. The molecule has 0 bridgehead atoms. The maximum atomic E-state index is 9.73. The van der Waals surface area contributed by atoms with Gasteiger partial charge in [0.25, 0.3) is 0 Å². The number of methoxy groups -OCH3 is 1. The second-order valence-electron chi connectivity index (χ2n) is 9.81. The van der Waals surface area contributed by atoms with Crippen molar-refractivity contribution in [2.45, 2.75) is 84.8 Å². The molecule has 2 N–H and O–H groups in total. The molecule has 4 rings (SSSR count). The molecule has 1 aliphatic rings. The van der Waals surface area contributed by atoms with Crippen LogP contribution in [-0.2, 0) is 31.4 Å². The molecule has 4 nitrogen and oxygen atoms in total. The van der Waals surface area contributed by atoms with Crippen molar-refractivity contribution in [3.8, 4) is 17.0 Å². The van der Waals surface area contributed by atoms with E-state index in [9.17, 15) is 5.11 Å². The summed E-state index contributed by atoms with van der Waals surface area (Å²) in [5.74, 6) is 0.926. The first-order valence-corrected chi connectivity index (χ1v) is 13.2. The molecule has 3 aromatic rings. The molecule has 1 atom stereocenters. The predicted molar refractivity (Wildman–Crippen MR) is 145 cm³/mol. The number of aromatic nitrogens is 1. The predicted octanol–water partition coefficient (Wildman–Crippen LogP) is 7.13. The van der Waals surface area contributed by atoms with Gasteiger partial charge in [0, 0.05) is 22.9 Å². The number of ether oxygens (including phenoxy) is 1. The average Bonchev–Trinajstić information content (AvgIpc) is 2.89. The molecule has 186 valence electrons. The summed E-state index contributed by atoms with van der Waals surface area (Å²) in [4.78, 5) is 5.32. The normalized spacial score (nSPS) is 17.2. The number of anilines is 1. The molecule has 1 heterocycles. The smallest absolute Gasteiger partial charge is 0.128 e. The van der Waals surface area contributed by atoms with E-state index in [1.165, 1.54) is 27.8 Å². The van der Waals surface area contributed by atoms with Crippen molar-refractivity contribution in [1.29, 1.82) is 0 Å². The van der Waals surface area contributed by atoms with Crippen molar-refractivity contribution in [2.75, 3.05) is 12.4 Å². The lowest BCUT2D eigenvalue weighted by atomic mass is 9.74. The summed E-state index contributed by atoms with van der Waals surface area (Å²) in [6, 6.07) is 14.9. The lowest BCUT2D eigenvalue weighted by Gasteiger charge is -2.42. The van der Waals surface area contributed by atoms with Gasteiger partial charge in [0.05, 0.1) is 30.6 Å². The Hall–Kier alpha value is -2.85. The first-order valence-electron chi connectivity index (χ1n) is 13.2. The Bertz CT molecular complexity index is 1150. The zero-order valence-electron chi connectivity index (χ0n) is 22.0. The second kappa shape index (κ2) is 10.8. The minimum atomic E-state index is -0.254. The van der Waals surface area contributed by atoms with Crippen LogP contribution in [0.3, 0.4) is 0 Å². The van der Waals surface area contributed by atoms with Gasteiger partial charge in [0.2, 0.25) is 0 Å². The van der Waals surface area contributed by atoms with Gasteiger partial charge >= 0.3 is 0 Å². The number of rotatable bonds is 9. The number of pyridine rings is 1. The number of aliphatic hydroxyl groups excluding tert-OH is 1. The maximum Gasteiger partial charge on any atom is 0.128 e. The first-order chi connectivity index (χ1) is 17.0. The number of benzene rings is 2. The van der Waals surface area contributed by atoms with Gasteiger partial charge in [-0.1, -0.05) is 57.5 Å². The fraction of sp³-hybridized carbons (Fsp3) is 0.452. The van der Waals surface area contributed by atoms with Gasteiger partial charge in [-0.05, 0) is 73.8 Å². The van der Waals surface area contributed by atoms with Gasteiger partial charge < -0.3 is 15.2 Å². The highest BCUT2D eigenvalue weighted by atomic mass is 16.5. The average molecular weight is 473 g/mol. The number of nitrogens with one attached hydrogen (secondary N) is 1. The van der Waals surface area contributed by atoms with E-state index in [1.807, 2.05) is 6.07 Å². The van der Waals surface area contributed by atoms with Crippen LogP contribution in [0, 0.1) is 6.92 Å². The Labute approximate surface area is 210 Å². The number of fused-ring (bicyclic) bond motifs is 1. The van der Waals surface area contributed by atoms with E-state index in [0.29, 0.717) is 0 Å². The van der Waals surface area contributed by atoms with Crippen LogP contribution < -0.4 is 10.1 Å². The van der Waals surface area contributed by atoms with Crippen molar-refractivity contribution in [3.63, 3.8) is 0 Å². The molecule has 0 fully saturated rings. The molecule has 4 heteroatoms. The van der Waals surface area contributed by atoms with Crippen LogP contribution in [0.25, 0.3) is 11.3 Å². The van der Waals surface area contributed by atoms with E-state index in [2.05, 4.69) is 69.4 Å². The Morgan fingerprint density at radius 2 is 1.80 bits per heavy atom. The van der Waals surface area contributed by atoms with Crippen molar-refractivity contribution in [2.24, 2.45) is 0 Å². The summed E-state index contributed by atoms with van der Waals surface area (Å²) < 4.78 is 6.12. The van der Waals surface area contributed by atoms with E-state index in [1.54, 1.807) is 7.11 Å². The van der Waals surface area contributed by atoms with Gasteiger partial charge in [-0.3, -0.25) is 4.98 Å². The zero-order chi connectivity index (χ0) is 25.0. The highest BCUT2D eigenvalue weighted by Crippen LogP contribution is 2.47. The molecule has 1 aliphatic carbocycles. The summed E-state index contributed by atoms with van der Waals surface area (Å²) in [7, 11) is 1.79. The molecule has 1 unspecified atom stereocenters. The van der Waals surface area contributed by atoms with Crippen LogP contribution in [0.5, 0.6) is 5.75 Å². The Kier molecular flexibility index (Phi) is 7.81. The molecule has 0 spiro atoms. The van der Waals surface area contributed by atoms with Crippen LogP contribution in [0.1, 0.15) is 80.0 Å². The van der Waals surface area contributed by atoms with Crippen LogP contribution in [0.15, 0.2) is 42.5 Å². The van der Waals surface area contributed by atoms with Crippen molar-refractivity contribution >= 4 is 5.69 Å². The van der Waals surface area contributed by atoms with Crippen LogP contribution in [0.2, 0.25) is 0 Å². The molecule has 1 aromatic heterocycles. The topological polar surface area (TPSA) is 54.4 Å². The monoisotopic (exact) mass is 472 g/mol. The van der Waals surface area contributed by atoms with E-state index in [4.69, 9.17) is 9.72 Å². The summed E-state index contributed by atoms with van der Waals surface area (Å²) in [5, 5.41) is 13.7. The molecule has 0 saturated carbocycles. The molecule has 35 heavy (non-hydrogen) atoms. The molecule has 0 aliphatic heterocycles. The molecule has 2 aromatic carbocycles. The zero-order valence-corrected chi connectivity index (χ0v) is 22.0. The lowest BCUT2D eigenvalue weighted by Crippen LogP contribution is -2.40. The third kappa shape index (κ3) is 4.81. The summed E-state index contributed by atoms with van der Waals surface area (Å²) in [5.41, 5.74) is 10.2. The second-order valence-corrected chi connectivity index (χ2v) is 9.81. The molecule has 0 amide bonds. The van der Waals surface area contributed by atoms with Gasteiger partial charge in [0.15, 0.2) is 0 Å². The van der Waals surface area contributed by atoms with E-state index in [0.717, 1.165) is 73.3 Å². The SMILES string of the molecule is CCCC1(Nc2cc(CO)ccc2C)CCCc2nc(-c3c(CC)cccc3CC)cc(OC)c21. The number of hydrogen-bond acceptors (Lipinski definition) is 4. The fourth-order valence-electron chi connectivity index (χ4n) is 5.83. The Morgan fingerprint density at radius 3 is 2.43 bits per heavy atom. The Morgan fingerprint density at radius 1 is 1.06 bits per heavy atom. The van der Waals surface area contributed by atoms with Gasteiger partial charge in [-0.15, -0.1) is 0 Å². The van der Waals surface area contributed by atoms with Gasteiger partial charge in [-0.2, -0.15) is 0 Å². The third-order valence-corrected chi connectivity index (χ3v) is 7.56. The summed E-state index contributed by atoms with van der Waals surface area (Å²) in [6.07, 6.45) is 7.06. The van der Waals surface area contributed by atoms with Crippen LogP contribution in [0.4, 0.5) is 5.69 Å².